The lowest BCUT2D eigenvalue weighted by Gasteiger charge is -2.21. The third-order valence-corrected chi connectivity index (χ3v) is 2.61. The Labute approximate surface area is 126 Å². The Kier molecular flexibility index (Phi) is 6.45. The normalized spacial score (nSPS) is 12.6. The first-order valence-corrected chi connectivity index (χ1v) is 6.89. The van der Waals surface area contributed by atoms with Gasteiger partial charge in [-0.05, 0) is 26.8 Å². The van der Waals surface area contributed by atoms with E-state index in [2.05, 4.69) is 10.6 Å². The molecule has 4 N–H and O–H groups in total. The van der Waals surface area contributed by atoms with Crippen LogP contribution < -0.4 is 21.1 Å². The van der Waals surface area contributed by atoms with Crippen molar-refractivity contribution in [1.82, 2.24) is 10.6 Å². The number of nitrogens with one attached hydrogen (secondary N) is 2. The molecule has 0 saturated carbocycles. The molecule has 6 heteroatoms. The molecule has 21 heavy (non-hydrogen) atoms. The first-order valence-electron chi connectivity index (χ1n) is 6.89. The van der Waals surface area contributed by atoms with Crippen LogP contribution in [0.1, 0.15) is 26.3 Å². The fraction of sp³-hybridized carbons (Fsp3) is 0.533. The van der Waals surface area contributed by atoms with E-state index in [0.29, 0.717) is 6.54 Å². The number of hydrogen-bond acceptors (Lipinski definition) is 5. The number of hydrogen-bond donors (Lipinski definition) is 3. The van der Waals surface area contributed by atoms with Gasteiger partial charge in [0.1, 0.15) is 11.4 Å². The molecule has 1 amide bonds. The van der Waals surface area contributed by atoms with E-state index in [-0.39, 0.29) is 12.7 Å². The van der Waals surface area contributed by atoms with Crippen molar-refractivity contribution in [3.8, 4) is 5.75 Å². The van der Waals surface area contributed by atoms with Gasteiger partial charge >= 0.3 is 6.09 Å². The van der Waals surface area contributed by atoms with Gasteiger partial charge in [-0.15, -0.1) is 0 Å². The maximum absolute atomic E-state index is 11.5. The monoisotopic (exact) mass is 295 g/mol. The molecule has 1 rings (SSSR count). The van der Waals surface area contributed by atoms with Gasteiger partial charge in [0.2, 0.25) is 0 Å². The molecule has 0 aliphatic carbocycles. The van der Waals surface area contributed by atoms with Crippen LogP contribution in [0.15, 0.2) is 24.3 Å². The van der Waals surface area contributed by atoms with Gasteiger partial charge < -0.3 is 20.5 Å². The van der Waals surface area contributed by atoms with Gasteiger partial charge in [-0.1, -0.05) is 18.2 Å². The Morgan fingerprint density at radius 2 is 2.00 bits per heavy atom. The van der Waals surface area contributed by atoms with E-state index in [1.165, 1.54) is 0 Å². The summed E-state index contributed by atoms with van der Waals surface area (Å²) in [5.74, 6) is 0.803. The average molecular weight is 295 g/mol. The van der Waals surface area contributed by atoms with E-state index in [9.17, 15) is 4.79 Å². The van der Waals surface area contributed by atoms with Gasteiger partial charge in [-0.2, -0.15) is 0 Å². The summed E-state index contributed by atoms with van der Waals surface area (Å²) >= 11 is 0. The topological polar surface area (TPSA) is 85.6 Å². The van der Waals surface area contributed by atoms with E-state index in [1.807, 2.05) is 45.0 Å². The summed E-state index contributed by atoms with van der Waals surface area (Å²) in [7, 11) is 1.63. The minimum Gasteiger partial charge on any atom is -0.496 e. The van der Waals surface area contributed by atoms with E-state index >= 15 is 0 Å². The molecule has 1 unspecified atom stereocenters. The highest BCUT2D eigenvalue weighted by molar-refractivity contribution is 5.67. The van der Waals surface area contributed by atoms with Gasteiger partial charge in [0, 0.05) is 18.7 Å². The van der Waals surface area contributed by atoms with Gasteiger partial charge in [-0.25, -0.2) is 4.79 Å². The zero-order valence-electron chi connectivity index (χ0n) is 13.1. The largest absolute Gasteiger partial charge is 0.496 e. The minimum atomic E-state index is -0.515. The Balaban J connectivity index is 2.34. The van der Waals surface area contributed by atoms with Crippen LogP contribution >= 0.6 is 0 Å². The van der Waals surface area contributed by atoms with Crippen molar-refractivity contribution in [2.45, 2.75) is 39.1 Å². The molecule has 0 radical (unpaired) electrons. The molecule has 0 heterocycles. The second kappa shape index (κ2) is 7.85. The number of carbonyl (C=O) groups is 1. The molecule has 0 spiro atoms. The lowest BCUT2D eigenvalue weighted by molar-refractivity contribution is 0.0522. The fourth-order valence-corrected chi connectivity index (χ4v) is 1.67. The predicted molar refractivity (Wildman–Crippen MR) is 82.0 cm³/mol. The van der Waals surface area contributed by atoms with Crippen LogP contribution in [0, 0.1) is 0 Å². The number of para-hydroxylation sites is 1. The van der Waals surface area contributed by atoms with Gasteiger partial charge in [0.15, 0.2) is 0 Å². The van der Waals surface area contributed by atoms with Crippen molar-refractivity contribution >= 4 is 6.09 Å². The van der Waals surface area contributed by atoms with Crippen molar-refractivity contribution in [3.05, 3.63) is 29.8 Å². The number of carbonyl (C=O) groups excluding carboxylic acids is 1. The lowest BCUT2D eigenvalue weighted by atomic mass is 10.2. The Morgan fingerprint density at radius 1 is 1.33 bits per heavy atom. The smallest absolute Gasteiger partial charge is 0.407 e. The molecule has 0 bridgehead atoms. The minimum absolute atomic E-state index is 0.282. The van der Waals surface area contributed by atoms with E-state index in [4.69, 9.17) is 15.2 Å². The van der Waals surface area contributed by atoms with Crippen molar-refractivity contribution in [1.29, 1.82) is 0 Å². The number of ether oxygens (including phenoxy) is 2. The highest BCUT2D eigenvalue weighted by Gasteiger charge is 2.16. The number of alkyl carbamates (subject to hydrolysis) is 1. The van der Waals surface area contributed by atoms with Crippen molar-refractivity contribution in [2.75, 3.05) is 13.7 Å². The number of benzene rings is 1. The van der Waals surface area contributed by atoms with E-state index in [1.54, 1.807) is 7.11 Å². The Bertz CT molecular complexity index is 458. The summed E-state index contributed by atoms with van der Waals surface area (Å²) in [6.07, 6.45) is -0.848. The van der Waals surface area contributed by atoms with Gasteiger partial charge in [0.25, 0.3) is 0 Å². The summed E-state index contributed by atoms with van der Waals surface area (Å²) < 4.78 is 10.4. The predicted octanol–water partition coefficient (Wildman–Crippen LogP) is 1.59. The lowest BCUT2D eigenvalue weighted by Crippen LogP contribution is -2.47. The molecule has 6 nitrogen and oxygen atoms in total. The highest BCUT2D eigenvalue weighted by Crippen LogP contribution is 2.16. The molecule has 1 atom stereocenters. The second-order valence-corrected chi connectivity index (χ2v) is 5.68. The number of amides is 1. The molecule has 0 aliphatic rings. The van der Waals surface area contributed by atoms with Crippen molar-refractivity contribution in [2.24, 2.45) is 5.73 Å². The van der Waals surface area contributed by atoms with Crippen LogP contribution in [-0.4, -0.2) is 31.5 Å². The van der Waals surface area contributed by atoms with E-state index < -0.39 is 11.7 Å². The first-order chi connectivity index (χ1) is 9.81. The molecule has 1 aromatic rings. The SMILES string of the molecule is COc1ccccc1CNC(N)CNC(=O)OC(C)(C)C. The Hall–Kier alpha value is -1.79. The van der Waals surface area contributed by atoms with Gasteiger partial charge in [0.05, 0.1) is 13.3 Å². The van der Waals surface area contributed by atoms with E-state index in [0.717, 1.165) is 11.3 Å². The number of methoxy groups -OCH3 is 1. The quantitative estimate of drug-likeness (QED) is 0.694. The third-order valence-electron chi connectivity index (χ3n) is 2.61. The molecular weight excluding hydrogens is 270 g/mol. The molecule has 118 valence electrons. The standard InChI is InChI=1S/C15H25N3O3/c1-15(2,3)21-14(19)18-10-13(16)17-9-11-7-5-6-8-12(11)20-4/h5-8,13,17H,9-10,16H2,1-4H3,(H,18,19). The Morgan fingerprint density at radius 3 is 2.62 bits per heavy atom. The molecule has 0 saturated heterocycles. The molecular formula is C15H25N3O3. The van der Waals surface area contributed by atoms with Crippen LogP contribution in [0.3, 0.4) is 0 Å². The summed E-state index contributed by atoms with van der Waals surface area (Å²) in [5.41, 5.74) is 6.40. The van der Waals surface area contributed by atoms with Gasteiger partial charge in [-0.3, -0.25) is 5.32 Å². The average Bonchev–Trinajstić information content (AvgIpc) is 2.41. The fourth-order valence-electron chi connectivity index (χ4n) is 1.67. The second-order valence-electron chi connectivity index (χ2n) is 5.68. The molecule has 0 aliphatic heterocycles. The first kappa shape index (κ1) is 17.3. The molecule has 1 aromatic carbocycles. The maximum Gasteiger partial charge on any atom is 0.407 e. The summed E-state index contributed by atoms with van der Waals surface area (Å²) in [5, 5.41) is 5.74. The molecule has 0 aromatic heterocycles. The van der Waals surface area contributed by atoms with Crippen LogP contribution in [0.4, 0.5) is 4.79 Å². The zero-order valence-corrected chi connectivity index (χ0v) is 13.1. The van der Waals surface area contributed by atoms with Crippen LogP contribution in [-0.2, 0) is 11.3 Å². The zero-order chi connectivity index (χ0) is 15.9. The molecule has 0 fully saturated rings. The highest BCUT2D eigenvalue weighted by atomic mass is 16.6. The number of rotatable bonds is 6. The van der Waals surface area contributed by atoms with Crippen molar-refractivity contribution < 1.29 is 14.3 Å². The van der Waals surface area contributed by atoms with Crippen molar-refractivity contribution in [3.63, 3.8) is 0 Å². The third kappa shape index (κ3) is 6.97. The summed E-state index contributed by atoms with van der Waals surface area (Å²) in [6, 6.07) is 7.69. The van der Waals surface area contributed by atoms with Crippen LogP contribution in [0.2, 0.25) is 0 Å². The van der Waals surface area contributed by atoms with Crippen LogP contribution in [0.5, 0.6) is 5.75 Å². The summed E-state index contributed by atoms with van der Waals surface area (Å²) in [4.78, 5) is 11.5. The maximum atomic E-state index is 11.5. The van der Waals surface area contributed by atoms with Crippen LogP contribution in [0.25, 0.3) is 0 Å². The number of nitrogens with two attached hydrogens (primary N) is 1. The summed E-state index contributed by atoms with van der Waals surface area (Å²) in [6.45, 7) is 6.27.